The first-order valence-corrected chi connectivity index (χ1v) is 7.86. The van der Waals surface area contributed by atoms with Crippen LogP contribution < -0.4 is 10.9 Å². The van der Waals surface area contributed by atoms with Gasteiger partial charge in [0.1, 0.15) is 5.76 Å². The highest BCUT2D eigenvalue weighted by Gasteiger charge is 2.35. The lowest BCUT2D eigenvalue weighted by atomic mass is 10.1. The Labute approximate surface area is 146 Å². The zero-order valence-corrected chi connectivity index (χ0v) is 13.5. The number of carbonyl (C=O) groups excluding carboxylic acids is 2. The van der Waals surface area contributed by atoms with Gasteiger partial charge in [0.2, 0.25) is 11.8 Å². The van der Waals surface area contributed by atoms with Crippen LogP contribution in [0.3, 0.4) is 0 Å². The van der Waals surface area contributed by atoms with Gasteiger partial charge in [-0.05, 0) is 30.3 Å². The van der Waals surface area contributed by atoms with Crippen LogP contribution in [0.5, 0.6) is 0 Å². The standard InChI is InChI=1S/C17H16F3N3O3/c18-17(19,20)12-3-1-4-13(8-12)21-22-16(25)11-7-15(24)23(9-11)10-14-5-2-6-26-14/h1-6,8,11,21H,7,9-10H2,(H,22,25)/t11-/m1/s1. The molecule has 1 fully saturated rings. The highest BCUT2D eigenvalue weighted by atomic mass is 19.4. The van der Waals surface area contributed by atoms with Crippen LogP contribution in [-0.4, -0.2) is 23.3 Å². The minimum absolute atomic E-state index is 0.0385. The lowest BCUT2D eigenvalue weighted by Gasteiger charge is -2.16. The van der Waals surface area contributed by atoms with Crippen molar-refractivity contribution in [2.75, 3.05) is 12.0 Å². The van der Waals surface area contributed by atoms with E-state index in [0.717, 1.165) is 12.1 Å². The Morgan fingerprint density at radius 1 is 1.27 bits per heavy atom. The Balaban J connectivity index is 1.55. The number of carbonyl (C=O) groups is 2. The van der Waals surface area contributed by atoms with Crippen LogP contribution in [0.2, 0.25) is 0 Å². The second kappa shape index (κ2) is 7.11. The molecule has 1 atom stereocenters. The Morgan fingerprint density at radius 2 is 2.08 bits per heavy atom. The summed E-state index contributed by atoms with van der Waals surface area (Å²) in [6.07, 6.45) is -2.93. The van der Waals surface area contributed by atoms with Crippen LogP contribution in [0.1, 0.15) is 17.7 Å². The van der Waals surface area contributed by atoms with Gasteiger partial charge in [-0.1, -0.05) is 6.07 Å². The van der Waals surface area contributed by atoms with E-state index in [2.05, 4.69) is 10.9 Å². The SMILES string of the molecule is O=C(NNc1cccc(C(F)(F)F)c1)[C@@H]1CC(=O)N(Cc2ccco2)C1. The van der Waals surface area contributed by atoms with Crippen molar-refractivity contribution in [2.45, 2.75) is 19.1 Å². The fourth-order valence-electron chi connectivity index (χ4n) is 2.70. The van der Waals surface area contributed by atoms with Crippen molar-refractivity contribution in [1.82, 2.24) is 10.3 Å². The number of rotatable bonds is 5. The molecule has 0 bridgehead atoms. The number of anilines is 1. The fourth-order valence-corrected chi connectivity index (χ4v) is 2.70. The molecule has 0 unspecified atom stereocenters. The van der Waals surface area contributed by atoms with E-state index in [1.807, 2.05) is 0 Å². The van der Waals surface area contributed by atoms with E-state index in [1.54, 1.807) is 12.1 Å². The number of likely N-dealkylation sites (tertiary alicyclic amines) is 1. The lowest BCUT2D eigenvalue weighted by molar-refractivity contribution is -0.137. The van der Waals surface area contributed by atoms with Crippen LogP contribution in [0, 0.1) is 5.92 Å². The molecule has 26 heavy (non-hydrogen) atoms. The van der Waals surface area contributed by atoms with Crippen molar-refractivity contribution in [2.24, 2.45) is 5.92 Å². The predicted molar refractivity (Wildman–Crippen MR) is 85.4 cm³/mol. The summed E-state index contributed by atoms with van der Waals surface area (Å²) in [4.78, 5) is 25.7. The summed E-state index contributed by atoms with van der Waals surface area (Å²) in [5.74, 6) is -0.615. The normalized spacial score (nSPS) is 17.4. The molecule has 2 N–H and O–H groups in total. The molecule has 0 aliphatic carbocycles. The number of benzene rings is 1. The van der Waals surface area contributed by atoms with Gasteiger partial charge in [0.15, 0.2) is 0 Å². The number of amides is 2. The van der Waals surface area contributed by atoms with Crippen LogP contribution in [-0.2, 0) is 22.3 Å². The number of nitrogens with zero attached hydrogens (tertiary/aromatic N) is 1. The second-order valence-corrected chi connectivity index (χ2v) is 5.95. The van der Waals surface area contributed by atoms with Gasteiger partial charge < -0.3 is 9.32 Å². The first kappa shape index (κ1) is 17.8. The molecule has 138 valence electrons. The zero-order chi connectivity index (χ0) is 18.7. The van der Waals surface area contributed by atoms with Crippen LogP contribution in [0.4, 0.5) is 18.9 Å². The van der Waals surface area contributed by atoms with Gasteiger partial charge in [-0.2, -0.15) is 13.2 Å². The van der Waals surface area contributed by atoms with Gasteiger partial charge in [-0.3, -0.25) is 20.4 Å². The number of halogens is 3. The van der Waals surface area contributed by atoms with Crippen molar-refractivity contribution in [3.05, 3.63) is 54.0 Å². The van der Waals surface area contributed by atoms with Gasteiger partial charge in [0.05, 0.1) is 30.0 Å². The van der Waals surface area contributed by atoms with Crippen molar-refractivity contribution in [3.8, 4) is 0 Å². The van der Waals surface area contributed by atoms with E-state index in [1.165, 1.54) is 23.3 Å². The minimum Gasteiger partial charge on any atom is -0.467 e. The Kier molecular flexibility index (Phi) is 4.88. The maximum absolute atomic E-state index is 12.7. The first-order chi connectivity index (χ1) is 12.3. The van der Waals surface area contributed by atoms with Crippen molar-refractivity contribution >= 4 is 17.5 Å². The van der Waals surface area contributed by atoms with Gasteiger partial charge in [0.25, 0.3) is 0 Å². The molecule has 1 saturated heterocycles. The maximum Gasteiger partial charge on any atom is 0.416 e. The molecule has 9 heteroatoms. The summed E-state index contributed by atoms with van der Waals surface area (Å²) in [7, 11) is 0. The monoisotopic (exact) mass is 367 g/mol. The predicted octanol–water partition coefficient (Wildman–Crippen LogP) is 2.79. The number of hydrogen-bond donors (Lipinski definition) is 2. The molecule has 1 aliphatic heterocycles. The Morgan fingerprint density at radius 3 is 2.77 bits per heavy atom. The van der Waals surface area contributed by atoms with E-state index in [9.17, 15) is 22.8 Å². The summed E-state index contributed by atoms with van der Waals surface area (Å²) in [5.41, 5.74) is 4.10. The summed E-state index contributed by atoms with van der Waals surface area (Å²) < 4.78 is 43.2. The first-order valence-electron chi connectivity index (χ1n) is 7.86. The molecule has 1 aromatic heterocycles. The van der Waals surface area contributed by atoms with E-state index in [-0.39, 0.29) is 31.1 Å². The molecule has 3 rings (SSSR count). The topological polar surface area (TPSA) is 74.6 Å². The second-order valence-electron chi connectivity index (χ2n) is 5.95. The van der Waals surface area contributed by atoms with Crippen LogP contribution in [0.25, 0.3) is 0 Å². The molecule has 2 aromatic rings. The van der Waals surface area contributed by atoms with Crippen molar-refractivity contribution < 1.29 is 27.2 Å². The average molecular weight is 367 g/mol. The third-order valence-corrected chi connectivity index (χ3v) is 4.03. The fraction of sp³-hybridized carbons (Fsp3) is 0.294. The summed E-state index contributed by atoms with van der Waals surface area (Å²) in [6.45, 7) is 0.492. The molecular formula is C17H16F3N3O3. The zero-order valence-electron chi connectivity index (χ0n) is 13.5. The molecule has 0 radical (unpaired) electrons. The molecule has 2 amide bonds. The van der Waals surface area contributed by atoms with E-state index in [4.69, 9.17) is 4.42 Å². The van der Waals surface area contributed by atoms with E-state index >= 15 is 0 Å². The summed E-state index contributed by atoms with van der Waals surface area (Å²) in [6, 6.07) is 7.91. The molecule has 6 nitrogen and oxygen atoms in total. The number of hydrogen-bond acceptors (Lipinski definition) is 4. The Bertz CT molecular complexity index is 790. The molecule has 0 saturated carbocycles. The highest BCUT2D eigenvalue weighted by molar-refractivity contribution is 5.89. The van der Waals surface area contributed by atoms with E-state index < -0.39 is 23.6 Å². The minimum atomic E-state index is -4.47. The number of nitrogens with one attached hydrogen (secondary N) is 2. The van der Waals surface area contributed by atoms with Crippen LogP contribution in [0.15, 0.2) is 47.1 Å². The molecular weight excluding hydrogens is 351 g/mol. The van der Waals surface area contributed by atoms with Gasteiger partial charge in [-0.15, -0.1) is 0 Å². The molecule has 1 aliphatic rings. The highest BCUT2D eigenvalue weighted by Crippen LogP contribution is 2.30. The number of furan rings is 1. The van der Waals surface area contributed by atoms with Crippen molar-refractivity contribution in [1.29, 1.82) is 0 Å². The summed E-state index contributed by atoms with van der Waals surface area (Å²) >= 11 is 0. The largest absolute Gasteiger partial charge is 0.467 e. The molecule has 2 heterocycles. The van der Waals surface area contributed by atoms with Gasteiger partial charge in [0, 0.05) is 13.0 Å². The quantitative estimate of drug-likeness (QED) is 0.797. The molecule has 0 spiro atoms. The van der Waals surface area contributed by atoms with Crippen molar-refractivity contribution in [3.63, 3.8) is 0 Å². The third kappa shape index (κ3) is 4.16. The van der Waals surface area contributed by atoms with E-state index in [0.29, 0.717) is 5.76 Å². The Hall–Kier alpha value is -2.97. The maximum atomic E-state index is 12.7. The number of alkyl halides is 3. The van der Waals surface area contributed by atoms with Gasteiger partial charge >= 0.3 is 6.18 Å². The van der Waals surface area contributed by atoms with Gasteiger partial charge in [-0.25, -0.2) is 0 Å². The number of hydrazine groups is 1. The van der Waals surface area contributed by atoms with Crippen LogP contribution >= 0.6 is 0 Å². The molecule has 1 aromatic carbocycles. The summed E-state index contributed by atoms with van der Waals surface area (Å²) in [5, 5.41) is 0. The smallest absolute Gasteiger partial charge is 0.416 e. The lowest BCUT2D eigenvalue weighted by Crippen LogP contribution is -2.36. The average Bonchev–Trinajstić information content (AvgIpc) is 3.23. The third-order valence-electron chi connectivity index (χ3n) is 4.03.